The Bertz CT molecular complexity index is 1030. The van der Waals surface area contributed by atoms with Gasteiger partial charge >= 0.3 is 0 Å². The molecule has 162 valence electrons. The van der Waals surface area contributed by atoms with E-state index in [1.54, 1.807) is 10.9 Å². The molecule has 1 amide bonds. The molecule has 2 aromatic heterocycles. The van der Waals surface area contributed by atoms with Crippen LogP contribution in [0.25, 0.3) is 5.69 Å². The number of aromatic nitrogens is 3. The largest absolute Gasteiger partial charge is 0.477 e. The number of halogens is 2. The van der Waals surface area contributed by atoms with Gasteiger partial charge in [-0.05, 0) is 44.0 Å². The van der Waals surface area contributed by atoms with Crippen molar-refractivity contribution in [1.82, 2.24) is 19.7 Å². The van der Waals surface area contributed by atoms with Gasteiger partial charge in [-0.15, -0.1) is 0 Å². The first-order valence-electron chi connectivity index (χ1n) is 10.3. The molecule has 1 aromatic carbocycles. The first-order valence-corrected chi connectivity index (χ1v) is 11.8. The van der Waals surface area contributed by atoms with Gasteiger partial charge in [-0.2, -0.15) is 5.10 Å². The van der Waals surface area contributed by atoms with Gasteiger partial charge in [0, 0.05) is 41.4 Å². The predicted octanol–water partition coefficient (Wildman–Crippen LogP) is 4.45. The van der Waals surface area contributed by atoms with Crippen molar-refractivity contribution in [2.75, 3.05) is 17.6 Å². The molecule has 0 bridgehead atoms. The topological polar surface area (TPSA) is 60.2 Å². The summed E-state index contributed by atoms with van der Waals surface area (Å²) in [5.74, 6) is 0.203. The number of piperidine rings is 1. The molecule has 1 unspecified atom stereocenters. The molecule has 8 heteroatoms. The third kappa shape index (κ3) is 4.89. The van der Waals surface area contributed by atoms with Crippen LogP contribution in [0.3, 0.4) is 0 Å². The van der Waals surface area contributed by atoms with Crippen molar-refractivity contribution in [1.29, 1.82) is 0 Å². The second-order valence-corrected chi connectivity index (χ2v) is 8.60. The Morgan fingerprint density at radius 1 is 1.32 bits per heavy atom. The number of hydrogen-bond acceptors (Lipinski definition) is 4. The van der Waals surface area contributed by atoms with Gasteiger partial charge in [-0.25, -0.2) is 14.1 Å². The van der Waals surface area contributed by atoms with Gasteiger partial charge in [-0.1, -0.05) is 34.2 Å². The van der Waals surface area contributed by atoms with Crippen molar-refractivity contribution in [2.45, 2.75) is 25.8 Å². The molecule has 0 N–H and O–H groups in total. The van der Waals surface area contributed by atoms with Crippen molar-refractivity contribution in [3.05, 3.63) is 71.9 Å². The van der Waals surface area contributed by atoms with Crippen LogP contribution in [-0.4, -0.2) is 49.2 Å². The van der Waals surface area contributed by atoms with E-state index in [9.17, 15) is 9.18 Å². The molecular formula is C23H24FIN4O2. The van der Waals surface area contributed by atoms with Crippen LogP contribution in [0.15, 0.2) is 55.0 Å². The number of hydrogen-bond donors (Lipinski definition) is 0. The average Bonchev–Trinajstić information content (AvgIpc) is 3.32. The number of likely N-dealkylation sites (tertiary alicyclic amines) is 1. The predicted molar refractivity (Wildman–Crippen MR) is 124 cm³/mol. The van der Waals surface area contributed by atoms with Crippen LogP contribution in [0.4, 0.5) is 4.39 Å². The van der Waals surface area contributed by atoms with Crippen LogP contribution in [0, 0.1) is 18.7 Å². The molecule has 0 saturated carbocycles. The van der Waals surface area contributed by atoms with Gasteiger partial charge in [0.25, 0.3) is 5.91 Å². The Hall–Kier alpha value is -2.49. The minimum Gasteiger partial charge on any atom is -0.477 e. The van der Waals surface area contributed by atoms with Crippen LogP contribution >= 0.6 is 22.6 Å². The number of rotatable bonds is 6. The van der Waals surface area contributed by atoms with Gasteiger partial charge in [0.1, 0.15) is 5.82 Å². The van der Waals surface area contributed by atoms with Crippen molar-refractivity contribution >= 4 is 28.5 Å². The Balaban J connectivity index is 1.55. The maximum Gasteiger partial charge on any atom is 0.256 e. The summed E-state index contributed by atoms with van der Waals surface area (Å²) >= 11 is 2.34. The highest BCUT2D eigenvalue weighted by atomic mass is 127. The lowest BCUT2D eigenvalue weighted by Gasteiger charge is -2.40. The first-order chi connectivity index (χ1) is 15.1. The van der Waals surface area contributed by atoms with E-state index >= 15 is 0 Å². The molecule has 4 rings (SSSR count). The zero-order chi connectivity index (χ0) is 21.8. The number of ether oxygens (including phenoxy) is 1. The van der Waals surface area contributed by atoms with Crippen molar-refractivity contribution in [3.8, 4) is 11.6 Å². The van der Waals surface area contributed by atoms with Gasteiger partial charge < -0.3 is 9.64 Å². The number of nitrogens with zero attached hydrogens (tertiary/aromatic N) is 4. The minimum atomic E-state index is -0.391. The molecule has 0 radical (unpaired) electrons. The summed E-state index contributed by atoms with van der Waals surface area (Å²) in [6.45, 7) is 3.14. The third-order valence-corrected chi connectivity index (χ3v) is 6.52. The molecule has 3 heterocycles. The molecule has 0 spiro atoms. The summed E-state index contributed by atoms with van der Waals surface area (Å²) in [6, 6.07) is 10.6. The van der Waals surface area contributed by atoms with Crippen LogP contribution in [0.2, 0.25) is 0 Å². The van der Waals surface area contributed by atoms with E-state index in [2.05, 4.69) is 32.7 Å². The lowest BCUT2D eigenvalue weighted by atomic mass is 9.90. The number of alkyl halides is 1. The van der Waals surface area contributed by atoms with Gasteiger partial charge in [0.15, 0.2) is 0 Å². The number of aryl methyl sites for hydroxylation is 1. The maximum absolute atomic E-state index is 13.7. The van der Waals surface area contributed by atoms with Crippen molar-refractivity contribution in [2.24, 2.45) is 5.92 Å². The number of benzene rings is 1. The minimum absolute atomic E-state index is 0.0143. The monoisotopic (exact) mass is 534 g/mol. The number of carbonyl (C=O) groups is 1. The van der Waals surface area contributed by atoms with E-state index in [0.717, 1.165) is 34.7 Å². The Morgan fingerprint density at radius 2 is 2.19 bits per heavy atom. The number of amides is 1. The second kappa shape index (κ2) is 9.76. The molecule has 1 saturated heterocycles. The summed E-state index contributed by atoms with van der Waals surface area (Å²) in [6.07, 6.45) is 6.58. The highest BCUT2D eigenvalue weighted by Crippen LogP contribution is 2.29. The van der Waals surface area contributed by atoms with Crippen molar-refractivity contribution < 1.29 is 13.9 Å². The van der Waals surface area contributed by atoms with E-state index in [1.807, 2.05) is 42.3 Å². The average molecular weight is 534 g/mol. The fourth-order valence-electron chi connectivity index (χ4n) is 4.02. The van der Waals surface area contributed by atoms with Crippen LogP contribution in [0.5, 0.6) is 5.88 Å². The van der Waals surface area contributed by atoms with E-state index < -0.39 is 5.82 Å². The lowest BCUT2D eigenvalue weighted by Crippen LogP contribution is -2.51. The summed E-state index contributed by atoms with van der Waals surface area (Å²) in [5, 5.41) is 4.32. The zero-order valence-electron chi connectivity index (χ0n) is 17.2. The molecule has 3 aromatic rings. The highest BCUT2D eigenvalue weighted by Gasteiger charge is 2.35. The SMILES string of the molecule is Cc1ccc(-n2cccn2)c(C(=O)N2CCC[C@H](COc3ccc(F)cn3)C2CI)c1. The number of pyridine rings is 1. The van der Waals surface area contributed by atoms with Crippen molar-refractivity contribution in [3.63, 3.8) is 0 Å². The van der Waals surface area contributed by atoms with Crippen LogP contribution in [-0.2, 0) is 0 Å². The Labute approximate surface area is 194 Å². The first kappa shape index (κ1) is 21.7. The van der Waals surface area contributed by atoms with E-state index in [0.29, 0.717) is 24.6 Å². The molecule has 2 atom stereocenters. The third-order valence-electron chi connectivity index (χ3n) is 5.62. The molecule has 6 nitrogen and oxygen atoms in total. The van der Waals surface area contributed by atoms with E-state index in [1.165, 1.54) is 12.1 Å². The Morgan fingerprint density at radius 3 is 2.90 bits per heavy atom. The van der Waals surface area contributed by atoms with Gasteiger partial charge in [0.2, 0.25) is 5.88 Å². The van der Waals surface area contributed by atoms with E-state index in [4.69, 9.17) is 4.74 Å². The summed E-state index contributed by atoms with van der Waals surface area (Å²) in [4.78, 5) is 19.6. The lowest BCUT2D eigenvalue weighted by molar-refractivity contribution is 0.0465. The molecule has 1 aliphatic rings. The smallest absolute Gasteiger partial charge is 0.256 e. The highest BCUT2D eigenvalue weighted by molar-refractivity contribution is 14.1. The zero-order valence-corrected chi connectivity index (χ0v) is 19.4. The van der Waals surface area contributed by atoms with Crippen LogP contribution < -0.4 is 4.74 Å². The van der Waals surface area contributed by atoms with Gasteiger partial charge in [0.05, 0.1) is 24.1 Å². The molecule has 1 fully saturated rings. The molecular weight excluding hydrogens is 510 g/mol. The fraction of sp³-hybridized carbons (Fsp3) is 0.348. The summed E-state index contributed by atoms with van der Waals surface area (Å²) in [7, 11) is 0. The van der Waals surface area contributed by atoms with E-state index in [-0.39, 0.29) is 17.9 Å². The molecule has 1 aliphatic heterocycles. The molecule has 31 heavy (non-hydrogen) atoms. The summed E-state index contributed by atoms with van der Waals surface area (Å²) in [5.41, 5.74) is 2.46. The standard InChI is InChI=1S/C23H24FIN4O2/c1-16-5-7-20(29-11-3-9-27-29)19(12-16)23(30)28-10-2-4-17(21(28)13-25)15-31-22-8-6-18(24)14-26-22/h3,5-9,11-12,14,17,21H,2,4,10,13,15H2,1H3/t17-,21?/m1/s1. The fourth-order valence-corrected chi connectivity index (χ4v) is 5.21. The normalized spacial score (nSPS) is 18.7. The molecule has 0 aliphatic carbocycles. The second-order valence-electron chi connectivity index (χ2n) is 7.72. The Kier molecular flexibility index (Phi) is 6.84. The maximum atomic E-state index is 13.7. The number of carbonyl (C=O) groups excluding carboxylic acids is 1. The van der Waals surface area contributed by atoms with Gasteiger partial charge in [-0.3, -0.25) is 4.79 Å². The summed E-state index contributed by atoms with van der Waals surface area (Å²) < 4.78 is 21.5. The van der Waals surface area contributed by atoms with Crippen LogP contribution in [0.1, 0.15) is 28.8 Å². The quantitative estimate of drug-likeness (QED) is 0.347.